The molecule has 0 saturated carbocycles. The first-order chi connectivity index (χ1) is 11.5. The van der Waals surface area contributed by atoms with Crippen molar-refractivity contribution in [3.8, 4) is 5.69 Å². The number of thiophene rings is 1. The molecule has 0 aliphatic rings. The molecule has 5 nitrogen and oxygen atoms in total. The van der Waals surface area contributed by atoms with E-state index < -0.39 is 0 Å². The van der Waals surface area contributed by atoms with Crippen LogP contribution in [0.2, 0.25) is 5.02 Å². The highest BCUT2D eigenvalue weighted by atomic mass is 35.5. The van der Waals surface area contributed by atoms with Gasteiger partial charge in [0.1, 0.15) is 15.0 Å². The zero-order valence-electron chi connectivity index (χ0n) is 13.3. The van der Waals surface area contributed by atoms with Crippen LogP contribution in [0.5, 0.6) is 0 Å². The van der Waals surface area contributed by atoms with Crippen LogP contribution in [0.1, 0.15) is 16.8 Å². The molecule has 0 fully saturated rings. The van der Waals surface area contributed by atoms with Crippen LogP contribution < -0.4 is 5.56 Å². The average molecular weight is 357 g/mol. The fourth-order valence-corrected chi connectivity index (χ4v) is 4.18. The number of rotatable bonds is 1. The van der Waals surface area contributed by atoms with Gasteiger partial charge in [0, 0.05) is 16.1 Å². The number of benzene rings is 1. The van der Waals surface area contributed by atoms with Gasteiger partial charge in [0.2, 0.25) is 0 Å². The number of fused-ring (bicyclic) bond motifs is 3. The van der Waals surface area contributed by atoms with Crippen LogP contribution in [-0.4, -0.2) is 20.0 Å². The van der Waals surface area contributed by atoms with Gasteiger partial charge >= 0.3 is 0 Å². The second-order valence-electron chi connectivity index (χ2n) is 5.78. The summed E-state index contributed by atoms with van der Waals surface area (Å²) in [5.74, 6) is 0. The van der Waals surface area contributed by atoms with Crippen molar-refractivity contribution >= 4 is 43.4 Å². The molecule has 24 heavy (non-hydrogen) atoms. The zero-order chi connectivity index (χ0) is 17.0. The summed E-state index contributed by atoms with van der Waals surface area (Å²) < 4.78 is 1.86. The topological polar surface area (TPSA) is 60.7 Å². The van der Waals surface area contributed by atoms with Crippen molar-refractivity contribution < 1.29 is 0 Å². The van der Waals surface area contributed by atoms with Crippen LogP contribution in [-0.2, 0) is 0 Å². The molecule has 0 spiro atoms. The zero-order valence-corrected chi connectivity index (χ0v) is 14.9. The van der Waals surface area contributed by atoms with Crippen LogP contribution in [0.3, 0.4) is 0 Å². The van der Waals surface area contributed by atoms with E-state index in [1.165, 1.54) is 16.0 Å². The smallest absolute Gasteiger partial charge is 0.266 e. The van der Waals surface area contributed by atoms with Gasteiger partial charge in [-0.15, -0.1) is 16.4 Å². The number of aromatic nitrogens is 4. The molecule has 0 bridgehead atoms. The number of nitrogens with zero attached hydrogens (tertiary/aromatic N) is 4. The molecule has 120 valence electrons. The van der Waals surface area contributed by atoms with E-state index in [0.29, 0.717) is 20.9 Å². The molecule has 4 aromatic rings. The maximum Gasteiger partial charge on any atom is 0.292 e. The molecule has 0 aliphatic heterocycles. The van der Waals surface area contributed by atoms with E-state index in [2.05, 4.69) is 15.3 Å². The normalized spacial score (nSPS) is 11.5. The van der Waals surface area contributed by atoms with Gasteiger partial charge < -0.3 is 0 Å². The van der Waals surface area contributed by atoms with Gasteiger partial charge in [0.15, 0.2) is 0 Å². The molecule has 0 atom stereocenters. The van der Waals surface area contributed by atoms with Crippen LogP contribution in [0, 0.1) is 20.8 Å². The number of halogens is 1. The fraction of sp³-hybridized carbons (Fsp3) is 0.176. The lowest BCUT2D eigenvalue weighted by atomic mass is 10.1. The Bertz CT molecular complexity index is 1180. The number of hydrogen-bond acceptors (Lipinski definition) is 5. The third kappa shape index (κ3) is 2.22. The predicted molar refractivity (Wildman–Crippen MR) is 97.5 cm³/mol. The average Bonchev–Trinajstić information content (AvgIpc) is 2.90. The Morgan fingerprint density at radius 2 is 1.92 bits per heavy atom. The predicted octanol–water partition coefficient (Wildman–Crippen LogP) is 3.97. The second-order valence-corrected chi connectivity index (χ2v) is 7.21. The van der Waals surface area contributed by atoms with Crippen molar-refractivity contribution in [3.63, 3.8) is 0 Å². The molecule has 0 aliphatic carbocycles. The van der Waals surface area contributed by atoms with E-state index in [9.17, 15) is 4.79 Å². The minimum atomic E-state index is -0.203. The van der Waals surface area contributed by atoms with Gasteiger partial charge in [0.05, 0.1) is 5.69 Å². The Hall–Kier alpha value is -2.31. The van der Waals surface area contributed by atoms with Gasteiger partial charge in [-0.1, -0.05) is 22.9 Å². The maximum absolute atomic E-state index is 13.0. The largest absolute Gasteiger partial charge is 0.292 e. The van der Waals surface area contributed by atoms with Gasteiger partial charge in [-0.25, -0.2) is 4.98 Å². The van der Waals surface area contributed by atoms with E-state index >= 15 is 0 Å². The third-order valence-corrected chi connectivity index (χ3v) is 5.28. The van der Waals surface area contributed by atoms with Gasteiger partial charge in [-0.2, -0.15) is 4.68 Å². The molecule has 0 unspecified atom stereocenters. The van der Waals surface area contributed by atoms with Crippen LogP contribution in [0.15, 0.2) is 29.1 Å². The Kier molecular flexibility index (Phi) is 3.40. The monoisotopic (exact) mass is 356 g/mol. The maximum atomic E-state index is 13.0. The summed E-state index contributed by atoms with van der Waals surface area (Å²) in [5.41, 5.74) is 3.92. The summed E-state index contributed by atoms with van der Waals surface area (Å²) in [6.07, 6.45) is 0. The Morgan fingerprint density at radius 1 is 1.12 bits per heavy atom. The van der Waals surface area contributed by atoms with Crippen molar-refractivity contribution in [1.29, 1.82) is 0 Å². The van der Waals surface area contributed by atoms with Gasteiger partial charge in [-0.3, -0.25) is 4.79 Å². The molecule has 1 aromatic carbocycles. The van der Waals surface area contributed by atoms with E-state index in [1.54, 1.807) is 12.1 Å². The number of pyridine rings is 1. The van der Waals surface area contributed by atoms with Gasteiger partial charge in [0.25, 0.3) is 5.56 Å². The lowest BCUT2D eigenvalue weighted by molar-refractivity contribution is 0.737. The molecule has 3 heterocycles. The van der Waals surface area contributed by atoms with E-state index in [0.717, 1.165) is 27.0 Å². The quantitative estimate of drug-likeness (QED) is 0.517. The summed E-state index contributed by atoms with van der Waals surface area (Å²) in [5, 5.41) is 9.90. The van der Waals surface area contributed by atoms with Crippen LogP contribution >= 0.6 is 22.9 Å². The molecule has 0 amide bonds. The summed E-state index contributed by atoms with van der Waals surface area (Å²) in [7, 11) is 0. The highest BCUT2D eigenvalue weighted by molar-refractivity contribution is 7.25. The molecule has 4 rings (SSSR count). The lowest BCUT2D eigenvalue weighted by Gasteiger charge is -2.07. The Labute approximate surface area is 146 Å². The van der Waals surface area contributed by atoms with E-state index in [-0.39, 0.29) is 5.56 Å². The first kappa shape index (κ1) is 15.2. The van der Waals surface area contributed by atoms with Crippen LogP contribution in [0.4, 0.5) is 0 Å². The summed E-state index contributed by atoms with van der Waals surface area (Å²) in [6.45, 7) is 5.84. The lowest BCUT2D eigenvalue weighted by Crippen LogP contribution is -2.22. The summed E-state index contributed by atoms with van der Waals surface area (Å²) in [6, 6.07) is 7.35. The van der Waals surface area contributed by atoms with Crippen molar-refractivity contribution in [2.24, 2.45) is 0 Å². The molecule has 0 N–H and O–H groups in total. The highest BCUT2D eigenvalue weighted by Crippen LogP contribution is 2.31. The highest BCUT2D eigenvalue weighted by Gasteiger charge is 2.17. The van der Waals surface area contributed by atoms with Crippen molar-refractivity contribution in [1.82, 2.24) is 20.0 Å². The second kappa shape index (κ2) is 5.36. The Morgan fingerprint density at radius 3 is 2.71 bits per heavy atom. The van der Waals surface area contributed by atoms with Gasteiger partial charge in [-0.05, 0) is 50.1 Å². The standard InChI is InChI=1S/C17H13ClN4OS/c1-8-4-5-11(18)7-12(8)22-17(23)15-14(20-21-22)13-9(2)6-10(3)19-16(13)24-15/h4-7H,1-3H3. The molecular weight excluding hydrogens is 344 g/mol. The molecular formula is C17H13ClN4OS. The van der Waals surface area contributed by atoms with E-state index in [4.69, 9.17) is 11.6 Å². The van der Waals surface area contributed by atoms with E-state index in [1.807, 2.05) is 32.9 Å². The third-order valence-electron chi connectivity index (χ3n) is 3.98. The first-order valence-electron chi connectivity index (χ1n) is 7.38. The van der Waals surface area contributed by atoms with Crippen molar-refractivity contribution in [3.05, 3.63) is 56.5 Å². The van der Waals surface area contributed by atoms with Crippen LogP contribution in [0.25, 0.3) is 26.1 Å². The fourth-order valence-electron chi connectivity index (χ4n) is 2.86. The summed E-state index contributed by atoms with van der Waals surface area (Å²) >= 11 is 7.42. The number of aryl methyl sites for hydroxylation is 3. The molecule has 0 radical (unpaired) electrons. The molecule has 3 aromatic heterocycles. The van der Waals surface area contributed by atoms with Crippen molar-refractivity contribution in [2.75, 3.05) is 0 Å². The number of hydrogen-bond donors (Lipinski definition) is 0. The first-order valence-corrected chi connectivity index (χ1v) is 8.58. The minimum Gasteiger partial charge on any atom is -0.266 e. The minimum absolute atomic E-state index is 0.203. The Balaban J connectivity index is 2.09. The molecule has 0 saturated heterocycles. The summed E-state index contributed by atoms with van der Waals surface area (Å²) in [4.78, 5) is 18.3. The van der Waals surface area contributed by atoms with Crippen molar-refractivity contribution in [2.45, 2.75) is 20.8 Å². The molecule has 7 heteroatoms. The SMILES string of the molecule is Cc1cc(C)c2c(n1)sc1c(=O)n(-c3cc(Cl)ccc3C)nnc12.